The molecule has 1 aromatic carbocycles. The Labute approximate surface area is 174 Å². The van der Waals surface area contributed by atoms with Gasteiger partial charge in [0, 0.05) is 17.3 Å². The molecule has 6 heteroatoms. The van der Waals surface area contributed by atoms with Crippen LogP contribution in [0.15, 0.2) is 53.2 Å². The molecule has 0 amide bonds. The minimum Gasteiger partial charge on any atom is -0.468 e. The SMILES string of the molecule is C=CC(c1ccccc1C1C(C(=O)OC)=C(C)N=C(C)C1C(=O)OC)[Si](C)(C)C. The fourth-order valence-electron chi connectivity index (χ4n) is 4.20. The highest BCUT2D eigenvalue weighted by atomic mass is 28.3. The molecule has 0 aliphatic carbocycles. The van der Waals surface area contributed by atoms with Gasteiger partial charge in [-0.25, -0.2) is 4.79 Å². The largest absolute Gasteiger partial charge is 0.468 e. The smallest absolute Gasteiger partial charge is 0.336 e. The van der Waals surface area contributed by atoms with E-state index in [9.17, 15) is 9.59 Å². The van der Waals surface area contributed by atoms with Crippen LogP contribution in [0.2, 0.25) is 19.6 Å². The summed E-state index contributed by atoms with van der Waals surface area (Å²) >= 11 is 0. The molecule has 0 fully saturated rings. The fourth-order valence-corrected chi connectivity index (χ4v) is 6.11. The zero-order chi connectivity index (χ0) is 21.9. The van der Waals surface area contributed by atoms with Gasteiger partial charge in [0.2, 0.25) is 0 Å². The van der Waals surface area contributed by atoms with Crippen molar-refractivity contribution in [1.29, 1.82) is 0 Å². The number of rotatable bonds is 6. The highest BCUT2D eigenvalue weighted by molar-refractivity contribution is 6.78. The predicted molar refractivity (Wildman–Crippen MR) is 119 cm³/mol. The van der Waals surface area contributed by atoms with Crippen molar-refractivity contribution in [3.8, 4) is 0 Å². The molecule has 1 aromatic rings. The summed E-state index contributed by atoms with van der Waals surface area (Å²) in [7, 11) is 1.03. The summed E-state index contributed by atoms with van der Waals surface area (Å²) in [5.74, 6) is -2.10. The molecular formula is C23H31NO4Si. The third-order valence-electron chi connectivity index (χ3n) is 5.52. The van der Waals surface area contributed by atoms with Gasteiger partial charge in [-0.15, -0.1) is 6.58 Å². The number of carbonyl (C=O) groups excluding carboxylic acids is 2. The van der Waals surface area contributed by atoms with Crippen LogP contribution in [-0.2, 0) is 19.1 Å². The van der Waals surface area contributed by atoms with E-state index >= 15 is 0 Å². The molecule has 0 saturated heterocycles. The number of ether oxygens (including phenoxy) is 2. The van der Waals surface area contributed by atoms with Crippen LogP contribution in [0.1, 0.15) is 36.4 Å². The summed E-state index contributed by atoms with van der Waals surface area (Å²) in [5, 5.41) is 0. The Morgan fingerprint density at radius 2 is 1.76 bits per heavy atom. The van der Waals surface area contributed by atoms with E-state index in [4.69, 9.17) is 9.47 Å². The van der Waals surface area contributed by atoms with E-state index in [1.54, 1.807) is 13.8 Å². The molecule has 1 aliphatic rings. The van der Waals surface area contributed by atoms with Crippen LogP contribution >= 0.6 is 0 Å². The number of hydrogen-bond acceptors (Lipinski definition) is 5. The lowest BCUT2D eigenvalue weighted by Gasteiger charge is -2.35. The number of allylic oxidation sites excluding steroid dienone is 2. The predicted octanol–water partition coefficient (Wildman–Crippen LogP) is 4.63. The van der Waals surface area contributed by atoms with Crippen LogP contribution in [0.3, 0.4) is 0 Å². The zero-order valence-electron chi connectivity index (χ0n) is 18.4. The van der Waals surface area contributed by atoms with Crippen molar-refractivity contribution in [1.82, 2.24) is 0 Å². The molecule has 1 aliphatic heterocycles. The van der Waals surface area contributed by atoms with E-state index < -0.39 is 31.8 Å². The topological polar surface area (TPSA) is 65.0 Å². The molecule has 3 unspecified atom stereocenters. The number of nitrogens with zero attached hydrogens (tertiary/aromatic N) is 1. The highest BCUT2D eigenvalue weighted by Crippen LogP contribution is 2.44. The number of aliphatic imine (C=N–C) groups is 1. The van der Waals surface area contributed by atoms with Gasteiger partial charge in [-0.2, -0.15) is 0 Å². The molecule has 0 spiro atoms. The van der Waals surface area contributed by atoms with E-state index in [1.165, 1.54) is 14.2 Å². The van der Waals surface area contributed by atoms with Crippen LogP contribution in [0.4, 0.5) is 0 Å². The molecule has 3 atom stereocenters. The van der Waals surface area contributed by atoms with Gasteiger partial charge in [0.15, 0.2) is 0 Å². The molecule has 0 bridgehead atoms. The van der Waals surface area contributed by atoms with Crippen molar-refractivity contribution in [2.75, 3.05) is 14.2 Å². The van der Waals surface area contributed by atoms with Crippen molar-refractivity contribution in [3.05, 3.63) is 59.3 Å². The molecule has 156 valence electrons. The van der Waals surface area contributed by atoms with Gasteiger partial charge < -0.3 is 9.47 Å². The molecule has 5 nitrogen and oxygen atoms in total. The van der Waals surface area contributed by atoms with Crippen LogP contribution in [-0.4, -0.2) is 39.9 Å². The van der Waals surface area contributed by atoms with Gasteiger partial charge in [-0.1, -0.05) is 50.0 Å². The van der Waals surface area contributed by atoms with Gasteiger partial charge in [0.05, 0.1) is 27.9 Å². The average Bonchev–Trinajstić information content (AvgIpc) is 2.66. The second-order valence-corrected chi connectivity index (χ2v) is 13.8. The first-order valence-corrected chi connectivity index (χ1v) is 13.3. The summed E-state index contributed by atoms with van der Waals surface area (Å²) in [6.07, 6.45) is 1.98. The molecule has 29 heavy (non-hydrogen) atoms. The van der Waals surface area contributed by atoms with Crippen LogP contribution in [0.5, 0.6) is 0 Å². The maximum absolute atomic E-state index is 12.8. The van der Waals surface area contributed by atoms with Gasteiger partial charge in [-0.3, -0.25) is 9.79 Å². The molecule has 0 saturated carbocycles. The first-order chi connectivity index (χ1) is 13.6. The normalized spacial score (nSPS) is 20.6. The molecule has 0 N–H and O–H groups in total. The maximum Gasteiger partial charge on any atom is 0.336 e. The lowest BCUT2D eigenvalue weighted by Crippen LogP contribution is -2.37. The van der Waals surface area contributed by atoms with Gasteiger partial charge in [0.25, 0.3) is 0 Å². The maximum atomic E-state index is 12.8. The van der Waals surface area contributed by atoms with E-state index in [1.807, 2.05) is 24.3 Å². The van der Waals surface area contributed by atoms with E-state index in [0.717, 1.165) is 11.1 Å². The third kappa shape index (κ3) is 4.42. The second kappa shape index (κ2) is 8.90. The first-order valence-electron chi connectivity index (χ1n) is 9.71. The molecular weight excluding hydrogens is 382 g/mol. The monoisotopic (exact) mass is 413 g/mol. The number of hydrogen-bond donors (Lipinski definition) is 0. The summed E-state index contributed by atoms with van der Waals surface area (Å²) in [6, 6.07) is 7.98. The number of methoxy groups -OCH3 is 2. The van der Waals surface area contributed by atoms with Crippen molar-refractivity contribution in [3.63, 3.8) is 0 Å². The average molecular weight is 414 g/mol. The van der Waals surface area contributed by atoms with Crippen LogP contribution in [0.25, 0.3) is 0 Å². The Hall–Kier alpha value is -2.47. The second-order valence-electron chi connectivity index (χ2n) is 8.43. The van der Waals surface area contributed by atoms with Crippen molar-refractivity contribution in [2.24, 2.45) is 10.9 Å². The zero-order valence-corrected chi connectivity index (χ0v) is 19.4. The highest BCUT2D eigenvalue weighted by Gasteiger charge is 2.43. The Morgan fingerprint density at radius 3 is 2.28 bits per heavy atom. The lowest BCUT2D eigenvalue weighted by atomic mass is 9.74. The van der Waals surface area contributed by atoms with Crippen LogP contribution in [0, 0.1) is 5.92 Å². The Balaban J connectivity index is 2.83. The Kier molecular flexibility index (Phi) is 7.00. The quantitative estimate of drug-likeness (QED) is 0.387. The third-order valence-corrected chi connectivity index (χ3v) is 7.94. The van der Waals surface area contributed by atoms with Gasteiger partial charge >= 0.3 is 11.9 Å². The number of carbonyl (C=O) groups is 2. The van der Waals surface area contributed by atoms with Crippen molar-refractivity contribution in [2.45, 2.75) is 44.9 Å². The Bertz CT molecular complexity index is 879. The summed E-state index contributed by atoms with van der Waals surface area (Å²) in [5.41, 5.74) is 3.77. The lowest BCUT2D eigenvalue weighted by molar-refractivity contribution is -0.143. The van der Waals surface area contributed by atoms with Crippen LogP contribution < -0.4 is 0 Å². The molecule has 0 radical (unpaired) electrons. The standard InChI is InChI=1S/C23H31NO4Si/c1-9-18(29(6,7)8)16-12-10-11-13-17(16)21-19(22(25)27-4)14(2)24-15(3)20(21)23(26)28-5/h9-13,18-19,21H,1H2,2-8H3. The molecule has 0 aromatic heterocycles. The van der Waals surface area contributed by atoms with Crippen molar-refractivity contribution < 1.29 is 19.1 Å². The fraction of sp³-hybridized carbons (Fsp3) is 0.435. The first kappa shape index (κ1) is 22.8. The minimum atomic E-state index is -1.67. The Morgan fingerprint density at radius 1 is 1.14 bits per heavy atom. The van der Waals surface area contributed by atoms with E-state index in [-0.39, 0.29) is 5.54 Å². The van der Waals surface area contributed by atoms with E-state index in [0.29, 0.717) is 17.0 Å². The summed E-state index contributed by atoms with van der Waals surface area (Å²) < 4.78 is 10.2. The summed E-state index contributed by atoms with van der Waals surface area (Å²) in [6.45, 7) is 14.5. The van der Waals surface area contributed by atoms with Gasteiger partial charge in [-0.05, 0) is 30.5 Å². The number of esters is 2. The summed E-state index contributed by atoms with van der Waals surface area (Å²) in [4.78, 5) is 30.0. The van der Waals surface area contributed by atoms with E-state index in [2.05, 4.69) is 37.3 Å². The molecule has 2 rings (SSSR count). The number of benzene rings is 1. The molecule has 1 heterocycles. The van der Waals surface area contributed by atoms with Crippen molar-refractivity contribution >= 4 is 25.7 Å². The van der Waals surface area contributed by atoms with Gasteiger partial charge in [0.1, 0.15) is 5.92 Å². The minimum absolute atomic E-state index is 0.162.